The largest absolute Gasteiger partial charge is 0.354 e. The Bertz CT molecular complexity index is 3090. The molecular weight excluding hydrogens is 751 g/mol. The summed E-state index contributed by atoms with van der Waals surface area (Å²) in [6, 6.07) is 30.6. The number of thioether (sulfide) groups is 1. The third-order valence-electron chi connectivity index (χ3n) is 11.8. The molecule has 7 aromatic rings. The highest BCUT2D eigenvalue weighted by molar-refractivity contribution is 8.03. The molecule has 0 aliphatic carbocycles. The maximum atomic E-state index is 9.42. The van der Waals surface area contributed by atoms with Crippen molar-refractivity contribution in [3.05, 3.63) is 158 Å². The van der Waals surface area contributed by atoms with Gasteiger partial charge in [-0.3, -0.25) is 0 Å². The molecule has 9 rings (SSSR count). The Morgan fingerprint density at radius 3 is 1.02 bits per heavy atom. The fraction of sp³-hybridized carbons (Fsp3) is 0.167. The highest BCUT2D eigenvalue weighted by Crippen LogP contribution is 2.42. The van der Waals surface area contributed by atoms with Gasteiger partial charge in [-0.1, -0.05) is 65.2 Å². The van der Waals surface area contributed by atoms with Crippen molar-refractivity contribution in [1.82, 2.24) is 19.9 Å². The molecule has 3 aromatic heterocycles. The van der Waals surface area contributed by atoms with Gasteiger partial charge in [0.25, 0.3) is 0 Å². The van der Waals surface area contributed by atoms with Crippen molar-refractivity contribution in [3.63, 3.8) is 0 Å². The molecule has 8 bridgehead atoms. The lowest BCUT2D eigenvalue weighted by molar-refractivity contribution is 1.27. The molecule has 0 atom stereocenters. The number of thiocyanates is 1. The van der Waals surface area contributed by atoms with Crippen molar-refractivity contribution in [3.8, 4) is 49.9 Å². The molecule has 60 heavy (non-hydrogen) atoms. The zero-order valence-electron chi connectivity index (χ0n) is 35.6. The first-order chi connectivity index (χ1) is 28.9. The number of benzene rings is 4. The lowest BCUT2D eigenvalue weighted by Crippen LogP contribution is -1.96. The zero-order valence-corrected chi connectivity index (χ0v) is 36.5. The van der Waals surface area contributed by atoms with Crippen molar-refractivity contribution in [1.29, 1.82) is 5.26 Å². The number of hydrogen-bond acceptors (Lipinski definition) is 4. The van der Waals surface area contributed by atoms with E-state index in [4.69, 9.17) is 9.97 Å². The SMILES string of the molecule is Cc1cc(C)c(-c2c3nc(c(-c4c(C)cc(C)cc4C)c4ccc([nH]4)c(-c4c(C)cc(C)cc4C)c4nc(c(-c5ccc(SC#N)cc5)c5ccc2[nH]5)C=C4)C=C3)c(C)c1. The van der Waals surface area contributed by atoms with Crippen LogP contribution in [-0.2, 0) is 0 Å². The van der Waals surface area contributed by atoms with Gasteiger partial charge in [0.05, 0.1) is 22.8 Å². The first-order valence-corrected chi connectivity index (χ1v) is 21.3. The summed E-state index contributed by atoms with van der Waals surface area (Å²) in [6.45, 7) is 19.7. The lowest BCUT2D eigenvalue weighted by Gasteiger charge is -2.14. The molecule has 0 radical (unpaired) electrons. The van der Waals surface area contributed by atoms with Crippen LogP contribution in [0.25, 0.3) is 90.9 Å². The molecule has 0 spiro atoms. The van der Waals surface area contributed by atoms with Gasteiger partial charge in [0, 0.05) is 49.2 Å². The van der Waals surface area contributed by atoms with Crippen molar-refractivity contribution in [2.75, 3.05) is 0 Å². The second-order valence-corrected chi connectivity index (χ2v) is 17.4. The van der Waals surface area contributed by atoms with E-state index < -0.39 is 0 Å². The first kappa shape index (κ1) is 38.8. The first-order valence-electron chi connectivity index (χ1n) is 20.5. The van der Waals surface area contributed by atoms with Gasteiger partial charge < -0.3 is 9.97 Å². The van der Waals surface area contributed by atoms with Crippen LogP contribution in [-0.4, -0.2) is 19.9 Å². The van der Waals surface area contributed by atoms with Crippen LogP contribution in [0.2, 0.25) is 0 Å². The van der Waals surface area contributed by atoms with Crippen LogP contribution in [0.1, 0.15) is 72.8 Å². The molecule has 2 aliphatic rings. The van der Waals surface area contributed by atoms with E-state index in [-0.39, 0.29) is 0 Å². The molecule has 5 heterocycles. The van der Waals surface area contributed by atoms with Crippen LogP contribution in [0, 0.1) is 73.0 Å². The third kappa shape index (κ3) is 6.79. The van der Waals surface area contributed by atoms with E-state index in [0.717, 1.165) is 89.3 Å². The Balaban J connectivity index is 1.51. The van der Waals surface area contributed by atoms with Crippen molar-refractivity contribution < 1.29 is 0 Å². The van der Waals surface area contributed by atoms with Crippen LogP contribution in [0.5, 0.6) is 0 Å². The molecule has 0 fully saturated rings. The van der Waals surface area contributed by atoms with Crippen LogP contribution < -0.4 is 0 Å². The van der Waals surface area contributed by atoms with Crippen molar-refractivity contribution >= 4 is 58.1 Å². The average molecular weight is 798 g/mol. The van der Waals surface area contributed by atoms with Crippen LogP contribution in [0.4, 0.5) is 0 Å². The standard InChI is InChI=1S/C54H47N5S/c1-29-22-32(4)48(33(5)23-29)52-42-16-14-40(56-42)51(38-10-12-39(13-11-38)60-28-55)41-15-17-43(57-41)53(49-34(6)24-30(2)25-35(49)7)45-19-21-47(59-45)54(46-20-18-44(52)58-46)50-36(8)26-31(3)27-37(50)9/h10-27,56,59H,1-9H3. The minimum absolute atomic E-state index is 0.856. The molecule has 0 saturated heterocycles. The number of aromatic nitrogens is 4. The molecule has 4 aromatic carbocycles. The smallest absolute Gasteiger partial charge is 0.138 e. The molecule has 2 aliphatic heterocycles. The van der Waals surface area contributed by atoms with Crippen molar-refractivity contribution in [2.24, 2.45) is 0 Å². The Kier molecular flexibility index (Phi) is 9.81. The summed E-state index contributed by atoms with van der Waals surface area (Å²) < 4.78 is 0. The number of aryl methyl sites for hydroxylation is 9. The predicted octanol–water partition coefficient (Wildman–Crippen LogP) is 14.7. The maximum Gasteiger partial charge on any atom is 0.138 e. The maximum absolute atomic E-state index is 9.42. The summed E-state index contributed by atoms with van der Waals surface area (Å²) in [7, 11) is 0. The van der Waals surface area contributed by atoms with Gasteiger partial charge in [-0.05, 0) is 190 Å². The van der Waals surface area contributed by atoms with E-state index in [0.29, 0.717) is 0 Å². The number of nitrogens with one attached hydrogen (secondary N) is 2. The van der Waals surface area contributed by atoms with Gasteiger partial charge in [-0.15, -0.1) is 0 Å². The summed E-state index contributed by atoms with van der Waals surface area (Å²) in [5.74, 6) is 0. The Morgan fingerprint density at radius 1 is 0.400 bits per heavy atom. The topological polar surface area (TPSA) is 81.2 Å². The molecular formula is C54H47N5S. The minimum Gasteiger partial charge on any atom is -0.354 e. The summed E-state index contributed by atoms with van der Waals surface area (Å²) in [4.78, 5) is 19.9. The van der Waals surface area contributed by atoms with Crippen LogP contribution >= 0.6 is 11.8 Å². The predicted molar refractivity (Wildman–Crippen MR) is 255 cm³/mol. The van der Waals surface area contributed by atoms with Gasteiger partial charge in [-0.2, -0.15) is 5.26 Å². The van der Waals surface area contributed by atoms with Gasteiger partial charge in [0.1, 0.15) is 5.40 Å². The Hall–Kier alpha value is -6.68. The molecule has 2 N–H and O–H groups in total. The number of rotatable bonds is 5. The Morgan fingerprint density at radius 2 is 0.700 bits per heavy atom. The third-order valence-corrected chi connectivity index (χ3v) is 12.4. The van der Waals surface area contributed by atoms with Crippen molar-refractivity contribution in [2.45, 2.75) is 67.2 Å². The minimum atomic E-state index is 0.856. The van der Waals surface area contributed by atoms with E-state index in [1.807, 2.05) is 12.1 Å². The second-order valence-electron chi connectivity index (χ2n) is 16.5. The number of nitrogens with zero attached hydrogens (tertiary/aromatic N) is 3. The Labute approximate surface area is 356 Å². The quantitative estimate of drug-likeness (QED) is 0.134. The average Bonchev–Trinajstić information content (AvgIpc) is 4.02. The number of fused-ring (bicyclic) bond motifs is 8. The molecule has 6 heteroatoms. The molecule has 0 unspecified atom stereocenters. The monoisotopic (exact) mass is 797 g/mol. The summed E-state index contributed by atoms with van der Waals surface area (Å²) in [5, 5.41) is 11.6. The normalized spacial score (nSPS) is 12.0. The fourth-order valence-corrected chi connectivity index (χ4v) is 10.1. The van der Waals surface area contributed by atoms with Gasteiger partial charge >= 0.3 is 0 Å². The number of H-pyrrole nitrogens is 2. The second kappa shape index (κ2) is 15.2. The highest BCUT2D eigenvalue weighted by atomic mass is 32.2. The van der Waals surface area contributed by atoms with E-state index >= 15 is 0 Å². The zero-order chi connectivity index (χ0) is 42.0. The highest BCUT2D eigenvalue weighted by Gasteiger charge is 2.22. The van der Waals surface area contributed by atoms with E-state index in [9.17, 15) is 5.26 Å². The van der Waals surface area contributed by atoms with E-state index in [1.165, 1.54) is 66.8 Å². The van der Waals surface area contributed by atoms with E-state index in [1.54, 1.807) is 0 Å². The van der Waals surface area contributed by atoms with Crippen LogP contribution in [0.15, 0.2) is 89.8 Å². The van der Waals surface area contributed by atoms with E-state index in [2.05, 4.69) is 175 Å². The van der Waals surface area contributed by atoms with Gasteiger partial charge in [0.2, 0.25) is 0 Å². The number of hydrogen-bond donors (Lipinski definition) is 2. The molecule has 0 saturated carbocycles. The summed E-state index contributed by atoms with van der Waals surface area (Å²) >= 11 is 1.16. The summed E-state index contributed by atoms with van der Waals surface area (Å²) in [6.07, 6.45) is 8.67. The van der Waals surface area contributed by atoms with Crippen LogP contribution in [0.3, 0.4) is 0 Å². The molecule has 5 nitrogen and oxygen atoms in total. The lowest BCUT2D eigenvalue weighted by atomic mass is 9.92. The van der Waals surface area contributed by atoms with Gasteiger partial charge in [0.15, 0.2) is 0 Å². The molecule has 294 valence electrons. The number of nitriles is 1. The number of aromatic amines is 2. The summed E-state index contributed by atoms with van der Waals surface area (Å²) in [5.41, 5.74) is 27.0. The molecule has 0 amide bonds. The van der Waals surface area contributed by atoms with Gasteiger partial charge in [-0.25, -0.2) is 9.97 Å². The fourth-order valence-electron chi connectivity index (χ4n) is 9.76.